The van der Waals surface area contributed by atoms with Gasteiger partial charge >= 0.3 is 6.18 Å². The average Bonchev–Trinajstić information content (AvgIpc) is 2.67. The number of benzene rings is 1. The molecule has 21 heavy (non-hydrogen) atoms. The quantitative estimate of drug-likeness (QED) is 0.929. The van der Waals surface area contributed by atoms with Crippen LogP contribution in [-0.4, -0.2) is 32.1 Å². The monoisotopic (exact) mass is 305 g/mol. The van der Waals surface area contributed by atoms with Crippen LogP contribution in [0.25, 0.3) is 0 Å². The van der Waals surface area contributed by atoms with Crippen LogP contribution in [0.5, 0.6) is 11.5 Å². The number of rotatable bonds is 4. The fourth-order valence-electron chi connectivity index (χ4n) is 1.85. The van der Waals surface area contributed by atoms with Crippen molar-refractivity contribution in [2.24, 2.45) is 5.73 Å². The van der Waals surface area contributed by atoms with Crippen molar-refractivity contribution in [3.05, 3.63) is 23.8 Å². The number of halogens is 3. The van der Waals surface area contributed by atoms with Gasteiger partial charge in [-0.15, -0.1) is 0 Å². The van der Waals surface area contributed by atoms with E-state index in [-0.39, 0.29) is 6.61 Å². The first kappa shape index (κ1) is 15.9. The molecule has 2 unspecified atom stereocenters. The van der Waals surface area contributed by atoms with Crippen LogP contribution in [0, 0.1) is 0 Å². The number of hydrogen-bond acceptors (Lipinski definition) is 4. The van der Waals surface area contributed by atoms with E-state index < -0.39 is 18.3 Å². The van der Waals surface area contributed by atoms with Crippen LogP contribution < -0.4 is 15.2 Å². The van der Waals surface area contributed by atoms with Gasteiger partial charge in [-0.1, -0.05) is 6.07 Å². The molecule has 0 fully saturated rings. The first-order valence-corrected chi connectivity index (χ1v) is 6.71. The molecule has 0 aliphatic carbocycles. The lowest BCUT2D eigenvalue weighted by molar-refractivity contribution is -0.215. The maximum Gasteiger partial charge on any atom is 0.414 e. The predicted molar refractivity (Wildman–Crippen MR) is 70.4 cm³/mol. The van der Waals surface area contributed by atoms with Crippen molar-refractivity contribution in [1.29, 1.82) is 0 Å². The molecule has 1 heterocycles. The standard InChI is InChI=1S/C14H18F3NO3/c1-9(14(15,16)17)21-8-11(18)10-3-4-12-13(7-10)20-6-2-5-19-12/h3-4,7,9,11H,2,5-6,8,18H2,1H3. The summed E-state index contributed by atoms with van der Waals surface area (Å²) in [7, 11) is 0. The van der Waals surface area contributed by atoms with E-state index in [1.54, 1.807) is 18.2 Å². The second-order valence-electron chi connectivity index (χ2n) is 4.88. The van der Waals surface area contributed by atoms with Crippen molar-refractivity contribution in [1.82, 2.24) is 0 Å². The van der Waals surface area contributed by atoms with Gasteiger partial charge in [-0.3, -0.25) is 0 Å². The molecule has 4 nitrogen and oxygen atoms in total. The molecule has 2 atom stereocenters. The van der Waals surface area contributed by atoms with E-state index in [0.29, 0.717) is 30.3 Å². The highest BCUT2D eigenvalue weighted by atomic mass is 19.4. The van der Waals surface area contributed by atoms with E-state index >= 15 is 0 Å². The summed E-state index contributed by atoms with van der Waals surface area (Å²) in [6, 6.07) is 4.45. The Hall–Kier alpha value is -1.47. The highest BCUT2D eigenvalue weighted by Gasteiger charge is 2.37. The zero-order chi connectivity index (χ0) is 15.5. The molecule has 0 saturated carbocycles. The summed E-state index contributed by atoms with van der Waals surface area (Å²) in [5, 5.41) is 0. The van der Waals surface area contributed by atoms with Gasteiger partial charge in [0.25, 0.3) is 0 Å². The second-order valence-corrected chi connectivity index (χ2v) is 4.88. The van der Waals surface area contributed by atoms with Crippen LogP contribution >= 0.6 is 0 Å². The van der Waals surface area contributed by atoms with Gasteiger partial charge in [0, 0.05) is 6.42 Å². The van der Waals surface area contributed by atoms with E-state index in [2.05, 4.69) is 0 Å². The highest BCUT2D eigenvalue weighted by Crippen LogP contribution is 2.32. The first-order valence-electron chi connectivity index (χ1n) is 6.71. The molecular formula is C14H18F3NO3. The topological polar surface area (TPSA) is 53.7 Å². The van der Waals surface area contributed by atoms with E-state index in [0.717, 1.165) is 13.3 Å². The lowest BCUT2D eigenvalue weighted by atomic mass is 10.1. The second kappa shape index (κ2) is 6.53. The van der Waals surface area contributed by atoms with Gasteiger partial charge in [0.05, 0.1) is 25.9 Å². The number of ether oxygens (including phenoxy) is 3. The Kier molecular flexibility index (Phi) is 4.95. The first-order chi connectivity index (χ1) is 9.88. The molecule has 2 N–H and O–H groups in total. The van der Waals surface area contributed by atoms with Crippen LogP contribution in [0.2, 0.25) is 0 Å². The zero-order valence-electron chi connectivity index (χ0n) is 11.7. The molecule has 1 aromatic carbocycles. The SMILES string of the molecule is CC(OCC(N)c1ccc2c(c1)OCCCO2)C(F)(F)F. The third-order valence-corrected chi connectivity index (χ3v) is 3.19. The number of fused-ring (bicyclic) bond motifs is 1. The third-order valence-electron chi connectivity index (χ3n) is 3.19. The van der Waals surface area contributed by atoms with Gasteiger partial charge in [-0.05, 0) is 24.6 Å². The van der Waals surface area contributed by atoms with Crippen molar-refractivity contribution in [3.63, 3.8) is 0 Å². The number of alkyl halides is 3. The Morgan fingerprint density at radius 1 is 1.24 bits per heavy atom. The molecule has 0 radical (unpaired) electrons. The number of nitrogens with two attached hydrogens (primary N) is 1. The van der Waals surface area contributed by atoms with Crippen molar-refractivity contribution in [3.8, 4) is 11.5 Å². The van der Waals surface area contributed by atoms with E-state index in [4.69, 9.17) is 19.9 Å². The molecule has 2 rings (SSSR count). The minimum atomic E-state index is -4.38. The summed E-state index contributed by atoms with van der Waals surface area (Å²) < 4.78 is 52.9. The predicted octanol–water partition coefficient (Wildman–Crippen LogP) is 2.82. The van der Waals surface area contributed by atoms with Crippen molar-refractivity contribution >= 4 is 0 Å². The van der Waals surface area contributed by atoms with Gasteiger partial charge in [0.1, 0.15) is 0 Å². The van der Waals surface area contributed by atoms with Gasteiger partial charge in [0.2, 0.25) is 0 Å². The van der Waals surface area contributed by atoms with Crippen LogP contribution in [0.4, 0.5) is 13.2 Å². The fraction of sp³-hybridized carbons (Fsp3) is 0.571. The molecule has 0 saturated heterocycles. The molecule has 1 aliphatic heterocycles. The highest BCUT2D eigenvalue weighted by molar-refractivity contribution is 5.44. The van der Waals surface area contributed by atoms with Crippen LogP contribution in [0.15, 0.2) is 18.2 Å². The summed E-state index contributed by atoms with van der Waals surface area (Å²) >= 11 is 0. The normalized spacial score (nSPS) is 18.0. The van der Waals surface area contributed by atoms with Crippen molar-refractivity contribution in [2.45, 2.75) is 31.7 Å². The molecule has 1 aromatic rings. The van der Waals surface area contributed by atoms with E-state index in [1.807, 2.05) is 0 Å². The van der Waals surface area contributed by atoms with Crippen molar-refractivity contribution < 1.29 is 27.4 Å². The van der Waals surface area contributed by atoms with Crippen molar-refractivity contribution in [2.75, 3.05) is 19.8 Å². The molecular weight excluding hydrogens is 287 g/mol. The van der Waals surface area contributed by atoms with Gasteiger partial charge in [-0.2, -0.15) is 13.2 Å². The largest absolute Gasteiger partial charge is 0.490 e. The maximum absolute atomic E-state index is 12.4. The average molecular weight is 305 g/mol. The van der Waals surface area contributed by atoms with E-state index in [9.17, 15) is 13.2 Å². The Balaban J connectivity index is 1.99. The maximum atomic E-state index is 12.4. The van der Waals surface area contributed by atoms with E-state index in [1.165, 1.54) is 0 Å². The fourth-order valence-corrected chi connectivity index (χ4v) is 1.85. The summed E-state index contributed by atoms with van der Waals surface area (Å²) in [5.74, 6) is 1.18. The lowest BCUT2D eigenvalue weighted by Crippen LogP contribution is -2.31. The molecule has 1 aliphatic rings. The molecule has 0 amide bonds. The summed E-state index contributed by atoms with van der Waals surface area (Å²) in [6.07, 6.45) is -5.45. The molecule has 0 bridgehead atoms. The Labute approximate surface area is 121 Å². The molecule has 7 heteroatoms. The van der Waals surface area contributed by atoms with Crippen LogP contribution in [0.1, 0.15) is 24.9 Å². The van der Waals surface area contributed by atoms with Gasteiger partial charge < -0.3 is 19.9 Å². The minimum absolute atomic E-state index is 0.222. The Morgan fingerprint density at radius 2 is 1.90 bits per heavy atom. The Morgan fingerprint density at radius 3 is 2.57 bits per heavy atom. The summed E-state index contributed by atoms with van der Waals surface area (Å²) in [4.78, 5) is 0. The minimum Gasteiger partial charge on any atom is -0.490 e. The molecule has 0 spiro atoms. The third kappa shape index (κ3) is 4.25. The molecule has 118 valence electrons. The summed E-state index contributed by atoms with van der Waals surface area (Å²) in [5.41, 5.74) is 6.52. The van der Waals surface area contributed by atoms with Gasteiger partial charge in [-0.25, -0.2) is 0 Å². The lowest BCUT2D eigenvalue weighted by Gasteiger charge is -2.20. The number of hydrogen-bond donors (Lipinski definition) is 1. The Bertz CT molecular complexity index is 479. The smallest absolute Gasteiger partial charge is 0.414 e. The van der Waals surface area contributed by atoms with Crippen LogP contribution in [0.3, 0.4) is 0 Å². The summed E-state index contributed by atoms with van der Waals surface area (Å²) in [6.45, 7) is 1.85. The van der Waals surface area contributed by atoms with Crippen LogP contribution in [-0.2, 0) is 4.74 Å². The molecule has 0 aromatic heterocycles. The van der Waals surface area contributed by atoms with Gasteiger partial charge in [0.15, 0.2) is 17.6 Å². The zero-order valence-corrected chi connectivity index (χ0v) is 11.7.